The lowest BCUT2D eigenvalue weighted by Gasteiger charge is -2.10. The second kappa shape index (κ2) is 11.7. The van der Waals surface area contributed by atoms with Crippen LogP contribution in [0.2, 0.25) is 0 Å². The zero-order valence-electron chi connectivity index (χ0n) is 26.0. The maximum Gasteiger partial charge on any atom is 0.164 e. The van der Waals surface area contributed by atoms with Gasteiger partial charge in [0.2, 0.25) is 0 Å². The second-order valence-corrected chi connectivity index (χ2v) is 11.9. The molecule has 0 aliphatic rings. The van der Waals surface area contributed by atoms with E-state index in [1.54, 1.807) is 0 Å². The van der Waals surface area contributed by atoms with Crippen LogP contribution in [0.25, 0.3) is 89.0 Å². The van der Waals surface area contributed by atoms with Crippen molar-refractivity contribution in [2.24, 2.45) is 0 Å². The van der Waals surface area contributed by atoms with E-state index in [0.717, 1.165) is 49.8 Å². The maximum atomic E-state index is 5.18. The molecule has 9 aromatic rings. The Morgan fingerprint density at radius 3 is 1.38 bits per heavy atom. The van der Waals surface area contributed by atoms with Gasteiger partial charge in [0, 0.05) is 33.0 Å². The van der Waals surface area contributed by atoms with Crippen LogP contribution in [0.15, 0.2) is 170 Å². The van der Waals surface area contributed by atoms with Crippen molar-refractivity contribution in [1.82, 2.24) is 19.9 Å². The highest BCUT2D eigenvalue weighted by molar-refractivity contribution is 6.16. The normalized spacial score (nSPS) is 11.3. The summed E-state index contributed by atoms with van der Waals surface area (Å²) in [5.41, 5.74) is 8.09. The molecule has 7 aromatic carbocycles. The van der Waals surface area contributed by atoms with Crippen LogP contribution < -0.4 is 0 Å². The summed E-state index contributed by atoms with van der Waals surface area (Å²) in [7, 11) is 0. The van der Waals surface area contributed by atoms with Gasteiger partial charge in [-0.1, -0.05) is 164 Å². The minimum Gasteiger partial charge on any atom is -0.247 e. The maximum absolute atomic E-state index is 5.18. The molecule has 2 aromatic heterocycles. The van der Waals surface area contributed by atoms with Gasteiger partial charge in [-0.05, 0) is 33.4 Å². The van der Waals surface area contributed by atoms with Gasteiger partial charge in [-0.3, -0.25) is 0 Å². The number of aromatic nitrogens is 4. The minimum absolute atomic E-state index is 0.627. The first-order valence-electron chi connectivity index (χ1n) is 16.1. The smallest absolute Gasteiger partial charge is 0.164 e. The third-order valence-electron chi connectivity index (χ3n) is 8.94. The zero-order chi connectivity index (χ0) is 31.9. The largest absolute Gasteiger partial charge is 0.247 e. The Kier molecular flexibility index (Phi) is 6.76. The topological polar surface area (TPSA) is 51.6 Å². The molecule has 0 aliphatic carbocycles. The van der Waals surface area contributed by atoms with Crippen molar-refractivity contribution in [2.45, 2.75) is 0 Å². The second-order valence-electron chi connectivity index (χ2n) is 11.9. The molecule has 9 rings (SSSR count). The molecule has 0 saturated heterocycles. The Morgan fingerprint density at radius 1 is 0.250 bits per heavy atom. The standard InChI is InChI=1S/C44H28N4/c1-3-9-29(10-4-1)30-15-19-35(20-16-30)43-46-42(34-12-5-2-6-13-34)47-44(48-43)36-21-17-32(18-22-36)40-28-25-33-24-26-38-37-14-8-7-11-31(37)23-27-39(38)41(33)45-40/h1-28H. The predicted molar refractivity (Wildman–Crippen MR) is 197 cm³/mol. The highest BCUT2D eigenvalue weighted by Crippen LogP contribution is 2.33. The minimum atomic E-state index is 0.627. The van der Waals surface area contributed by atoms with Crippen molar-refractivity contribution < 1.29 is 0 Å². The number of fused-ring (bicyclic) bond motifs is 5. The number of pyridine rings is 1. The summed E-state index contributed by atoms with van der Waals surface area (Å²) in [4.78, 5) is 20.0. The first-order chi connectivity index (χ1) is 23.8. The van der Waals surface area contributed by atoms with Gasteiger partial charge in [0.15, 0.2) is 17.5 Å². The number of benzene rings is 7. The van der Waals surface area contributed by atoms with E-state index in [0.29, 0.717) is 17.5 Å². The molecule has 0 N–H and O–H groups in total. The molecule has 0 unspecified atom stereocenters. The van der Waals surface area contributed by atoms with Crippen LogP contribution >= 0.6 is 0 Å². The summed E-state index contributed by atoms with van der Waals surface area (Å²) in [6.07, 6.45) is 0. The Bertz CT molecular complexity index is 2580. The fourth-order valence-electron chi connectivity index (χ4n) is 6.42. The van der Waals surface area contributed by atoms with Gasteiger partial charge in [-0.2, -0.15) is 0 Å². The van der Waals surface area contributed by atoms with Crippen LogP contribution in [0.4, 0.5) is 0 Å². The molecule has 48 heavy (non-hydrogen) atoms. The van der Waals surface area contributed by atoms with Crippen LogP contribution in [-0.4, -0.2) is 19.9 Å². The van der Waals surface area contributed by atoms with Gasteiger partial charge in [0.1, 0.15) is 0 Å². The lowest BCUT2D eigenvalue weighted by Crippen LogP contribution is -2.00. The summed E-state index contributed by atoms with van der Waals surface area (Å²) in [5, 5.41) is 5.98. The average Bonchev–Trinajstić information content (AvgIpc) is 3.18. The molecular weight excluding hydrogens is 585 g/mol. The molecule has 224 valence electrons. The fourth-order valence-corrected chi connectivity index (χ4v) is 6.42. The van der Waals surface area contributed by atoms with Crippen molar-refractivity contribution in [3.05, 3.63) is 170 Å². The number of nitrogens with zero attached hydrogens (tertiary/aromatic N) is 4. The SMILES string of the molecule is c1ccc(-c2ccc(-c3nc(-c4ccccc4)nc(-c4ccc(-c5ccc6ccc7c8ccccc8ccc7c6n5)cc4)n3)cc2)cc1. The van der Waals surface area contributed by atoms with E-state index in [-0.39, 0.29) is 0 Å². The summed E-state index contributed by atoms with van der Waals surface area (Å²) in [5.74, 6) is 1.91. The van der Waals surface area contributed by atoms with Crippen molar-refractivity contribution in [1.29, 1.82) is 0 Å². The summed E-state index contributed by atoms with van der Waals surface area (Å²) in [6, 6.07) is 58.7. The summed E-state index contributed by atoms with van der Waals surface area (Å²) >= 11 is 0. The summed E-state index contributed by atoms with van der Waals surface area (Å²) in [6.45, 7) is 0. The van der Waals surface area contributed by atoms with Crippen molar-refractivity contribution in [3.63, 3.8) is 0 Å². The monoisotopic (exact) mass is 612 g/mol. The molecule has 0 fully saturated rings. The molecule has 0 atom stereocenters. The summed E-state index contributed by atoms with van der Waals surface area (Å²) < 4.78 is 0. The van der Waals surface area contributed by atoms with Crippen molar-refractivity contribution in [2.75, 3.05) is 0 Å². The van der Waals surface area contributed by atoms with E-state index >= 15 is 0 Å². The molecule has 0 radical (unpaired) electrons. The molecule has 4 heteroatoms. The van der Waals surface area contributed by atoms with E-state index < -0.39 is 0 Å². The first-order valence-corrected chi connectivity index (χ1v) is 16.1. The van der Waals surface area contributed by atoms with E-state index in [9.17, 15) is 0 Å². The molecule has 0 amide bonds. The van der Waals surface area contributed by atoms with Gasteiger partial charge in [0.05, 0.1) is 11.2 Å². The van der Waals surface area contributed by atoms with Crippen molar-refractivity contribution >= 4 is 32.4 Å². The lowest BCUT2D eigenvalue weighted by atomic mass is 9.99. The van der Waals surface area contributed by atoms with E-state index in [1.165, 1.54) is 21.7 Å². The molecule has 0 bridgehead atoms. The molecule has 2 heterocycles. The fraction of sp³-hybridized carbons (Fsp3) is 0. The Balaban J connectivity index is 1.10. The highest BCUT2D eigenvalue weighted by Gasteiger charge is 2.14. The van der Waals surface area contributed by atoms with Crippen LogP contribution in [0.5, 0.6) is 0 Å². The predicted octanol–water partition coefficient (Wildman–Crippen LogP) is 11.1. The molecule has 0 saturated carbocycles. The van der Waals surface area contributed by atoms with Crippen LogP contribution in [0.1, 0.15) is 0 Å². The zero-order valence-corrected chi connectivity index (χ0v) is 26.0. The Hall–Kier alpha value is -6.52. The third kappa shape index (κ3) is 5.06. The van der Waals surface area contributed by atoms with Crippen LogP contribution in [-0.2, 0) is 0 Å². The quantitative estimate of drug-likeness (QED) is 0.181. The van der Waals surface area contributed by atoms with Gasteiger partial charge in [-0.25, -0.2) is 19.9 Å². The van der Waals surface area contributed by atoms with Crippen LogP contribution in [0, 0.1) is 0 Å². The number of hydrogen-bond acceptors (Lipinski definition) is 4. The third-order valence-corrected chi connectivity index (χ3v) is 8.94. The molecule has 4 nitrogen and oxygen atoms in total. The number of hydrogen-bond donors (Lipinski definition) is 0. The lowest BCUT2D eigenvalue weighted by molar-refractivity contribution is 1.07. The van der Waals surface area contributed by atoms with E-state index in [1.807, 2.05) is 36.4 Å². The van der Waals surface area contributed by atoms with Gasteiger partial charge in [-0.15, -0.1) is 0 Å². The Morgan fingerprint density at radius 2 is 0.708 bits per heavy atom. The van der Waals surface area contributed by atoms with E-state index in [4.69, 9.17) is 19.9 Å². The highest BCUT2D eigenvalue weighted by atomic mass is 15.0. The van der Waals surface area contributed by atoms with Crippen LogP contribution in [0.3, 0.4) is 0 Å². The Labute approximate surface area is 278 Å². The van der Waals surface area contributed by atoms with Gasteiger partial charge < -0.3 is 0 Å². The van der Waals surface area contributed by atoms with Gasteiger partial charge in [0.25, 0.3) is 0 Å². The first kappa shape index (κ1) is 27.8. The van der Waals surface area contributed by atoms with E-state index in [2.05, 4.69) is 133 Å². The number of rotatable bonds is 5. The van der Waals surface area contributed by atoms with Gasteiger partial charge >= 0.3 is 0 Å². The molecule has 0 spiro atoms. The molecular formula is C44H28N4. The average molecular weight is 613 g/mol. The molecule has 0 aliphatic heterocycles. The van der Waals surface area contributed by atoms with Crippen molar-refractivity contribution in [3.8, 4) is 56.5 Å².